The largest absolute Gasteiger partial charge is 0.346 e. The highest BCUT2D eigenvalue weighted by Crippen LogP contribution is 2.13. The number of hydrogen-bond acceptors (Lipinski definition) is 2. The summed E-state index contributed by atoms with van der Waals surface area (Å²) in [6, 6.07) is 11.9. The van der Waals surface area contributed by atoms with Crippen molar-refractivity contribution in [2.24, 2.45) is 0 Å². The molecule has 0 radical (unpaired) electrons. The van der Waals surface area contributed by atoms with Crippen LogP contribution in [0.4, 0.5) is 4.39 Å². The molecular weight excluding hydrogens is 269 g/mol. The molecule has 1 aromatic carbocycles. The Bertz CT molecular complexity index is 810. The normalized spacial score (nSPS) is 10.8. The maximum Gasteiger partial charge on any atom is 0.272 e. The van der Waals surface area contributed by atoms with Crippen molar-refractivity contribution in [2.75, 3.05) is 0 Å². The molecule has 3 rings (SSSR count). The number of pyridine rings is 1. The predicted octanol–water partition coefficient (Wildman–Crippen LogP) is 2.71. The van der Waals surface area contributed by atoms with E-state index in [1.807, 2.05) is 35.7 Å². The van der Waals surface area contributed by atoms with Crippen molar-refractivity contribution in [2.45, 2.75) is 13.5 Å². The van der Waals surface area contributed by atoms with Gasteiger partial charge in [-0.15, -0.1) is 0 Å². The van der Waals surface area contributed by atoms with E-state index >= 15 is 0 Å². The van der Waals surface area contributed by atoms with Crippen LogP contribution in [-0.4, -0.2) is 15.3 Å². The van der Waals surface area contributed by atoms with Crippen LogP contribution in [0.5, 0.6) is 0 Å². The lowest BCUT2D eigenvalue weighted by Crippen LogP contribution is -2.23. The van der Waals surface area contributed by atoms with Crippen LogP contribution in [-0.2, 0) is 6.54 Å². The van der Waals surface area contributed by atoms with Gasteiger partial charge in [0, 0.05) is 18.3 Å². The molecule has 3 aromatic rings. The number of nitrogens with one attached hydrogen (secondary N) is 1. The molecule has 4 nitrogen and oxygen atoms in total. The fourth-order valence-corrected chi connectivity index (χ4v) is 2.26. The minimum absolute atomic E-state index is 0.135. The predicted molar refractivity (Wildman–Crippen MR) is 77.5 cm³/mol. The third kappa shape index (κ3) is 2.50. The summed E-state index contributed by atoms with van der Waals surface area (Å²) in [5, 5.41) is 2.71. The molecule has 0 atom stereocenters. The minimum Gasteiger partial charge on any atom is -0.346 e. The highest BCUT2D eigenvalue weighted by molar-refractivity contribution is 5.99. The smallest absolute Gasteiger partial charge is 0.272 e. The highest BCUT2D eigenvalue weighted by Gasteiger charge is 2.15. The van der Waals surface area contributed by atoms with E-state index in [-0.39, 0.29) is 18.3 Å². The third-order valence-corrected chi connectivity index (χ3v) is 3.34. The van der Waals surface area contributed by atoms with Crippen LogP contribution in [0.2, 0.25) is 0 Å². The van der Waals surface area contributed by atoms with E-state index in [1.165, 1.54) is 6.07 Å². The van der Waals surface area contributed by atoms with Crippen LogP contribution < -0.4 is 5.32 Å². The molecule has 0 spiro atoms. The SMILES string of the molecule is Cc1nc(C(=O)NCc2ccccc2F)c2ccccn12. The zero-order valence-corrected chi connectivity index (χ0v) is 11.5. The quantitative estimate of drug-likeness (QED) is 0.803. The molecule has 1 amide bonds. The van der Waals surface area contributed by atoms with Crippen LogP contribution in [0, 0.1) is 12.7 Å². The van der Waals surface area contributed by atoms with E-state index in [4.69, 9.17) is 0 Å². The Morgan fingerprint density at radius 3 is 2.81 bits per heavy atom. The van der Waals surface area contributed by atoms with Crippen molar-refractivity contribution < 1.29 is 9.18 Å². The van der Waals surface area contributed by atoms with E-state index in [9.17, 15) is 9.18 Å². The van der Waals surface area contributed by atoms with Gasteiger partial charge in [-0.3, -0.25) is 4.79 Å². The molecule has 106 valence electrons. The van der Waals surface area contributed by atoms with Crippen molar-refractivity contribution >= 4 is 11.4 Å². The van der Waals surface area contributed by atoms with Crippen molar-refractivity contribution in [1.29, 1.82) is 0 Å². The van der Waals surface area contributed by atoms with Gasteiger partial charge in [-0.2, -0.15) is 0 Å². The number of hydrogen-bond donors (Lipinski definition) is 1. The average molecular weight is 283 g/mol. The number of amides is 1. The lowest BCUT2D eigenvalue weighted by Gasteiger charge is -2.05. The molecule has 2 aromatic heterocycles. The number of benzene rings is 1. The molecule has 1 N–H and O–H groups in total. The standard InChI is InChI=1S/C16H14FN3O/c1-11-19-15(14-8-4-5-9-20(11)14)16(21)18-10-12-6-2-3-7-13(12)17/h2-9H,10H2,1H3,(H,18,21). The van der Waals surface area contributed by atoms with Crippen LogP contribution in [0.1, 0.15) is 21.9 Å². The van der Waals surface area contributed by atoms with Crippen LogP contribution in [0.25, 0.3) is 5.52 Å². The van der Waals surface area contributed by atoms with Gasteiger partial charge < -0.3 is 9.72 Å². The highest BCUT2D eigenvalue weighted by atomic mass is 19.1. The first-order valence-corrected chi connectivity index (χ1v) is 6.62. The summed E-state index contributed by atoms with van der Waals surface area (Å²) in [6.45, 7) is 1.97. The molecule has 0 unspecified atom stereocenters. The third-order valence-electron chi connectivity index (χ3n) is 3.34. The molecule has 0 aliphatic rings. The molecule has 0 fully saturated rings. The number of rotatable bonds is 3. The maximum absolute atomic E-state index is 13.5. The van der Waals surface area contributed by atoms with Crippen LogP contribution >= 0.6 is 0 Å². The lowest BCUT2D eigenvalue weighted by atomic mass is 10.2. The number of aryl methyl sites for hydroxylation is 1. The molecule has 0 aliphatic carbocycles. The second-order valence-electron chi connectivity index (χ2n) is 4.74. The van der Waals surface area contributed by atoms with Gasteiger partial charge in [-0.25, -0.2) is 9.37 Å². The number of halogens is 1. The molecule has 0 aliphatic heterocycles. The Kier molecular flexibility index (Phi) is 3.39. The fourth-order valence-electron chi connectivity index (χ4n) is 2.26. The van der Waals surface area contributed by atoms with Gasteiger partial charge in [0.2, 0.25) is 0 Å². The van der Waals surface area contributed by atoms with Crippen LogP contribution in [0.15, 0.2) is 48.7 Å². The van der Waals surface area contributed by atoms with E-state index in [1.54, 1.807) is 18.2 Å². The van der Waals surface area contributed by atoms with E-state index in [2.05, 4.69) is 10.3 Å². The van der Waals surface area contributed by atoms with E-state index in [0.29, 0.717) is 11.3 Å². The van der Waals surface area contributed by atoms with Crippen molar-refractivity contribution in [3.05, 3.63) is 71.6 Å². The molecular formula is C16H14FN3O. The molecule has 0 bridgehead atoms. The summed E-state index contributed by atoms with van der Waals surface area (Å²) < 4.78 is 15.4. The number of carbonyl (C=O) groups excluding carboxylic acids is 1. The fraction of sp³-hybridized carbons (Fsp3) is 0.125. The van der Waals surface area contributed by atoms with Crippen LogP contribution in [0.3, 0.4) is 0 Å². The molecule has 21 heavy (non-hydrogen) atoms. The maximum atomic E-state index is 13.5. The van der Waals surface area contributed by atoms with Gasteiger partial charge in [-0.1, -0.05) is 24.3 Å². The number of carbonyl (C=O) groups is 1. The van der Waals surface area contributed by atoms with Gasteiger partial charge in [0.1, 0.15) is 11.6 Å². The second-order valence-corrected chi connectivity index (χ2v) is 4.74. The number of aromatic nitrogens is 2. The topological polar surface area (TPSA) is 46.4 Å². The molecule has 2 heterocycles. The Morgan fingerprint density at radius 1 is 1.24 bits per heavy atom. The zero-order valence-electron chi connectivity index (χ0n) is 11.5. The first-order valence-electron chi connectivity index (χ1n) is 6.62. The van der Waals surface area contributed by atoms with Gasteiger partial charge >= 0.3 is 0 Å². The summed E-state index contributed by atoms with van der Waals surface area (Å²) in [7, 11) is 0. The van der Waals surface area contributed by atoms with Gasteiger partial charge in [0.25, 0.3) is 5.91 Å². The minimum atomic E-state index is -0.330. The van der Waals surface area contributed by atoms with E-state index in [0.717, 1.165) is 11.3 Å². The second kappa shape index (κ2) is 5.36. The number of nitrogens with zero attached hydrogens (tertiary/aromatic N) is 2. The van der Waals surface area contributed by atoms with E-state index < -0.39 is 0 Å². The lowest BCUT2D eigenvalue weighted by molar-refractivity contribution is 0.0947. The van der Waals surface area contributed by atoms with Crippen molar-refractivity contribution in [1.82, 2.24) is 14.7 Å². The zero-order chi connectivity index (χ0) is 14.8. The van der Waals surface area contributed by atoms with Gasteiger partial charge in [0.05, 0.1) is 5.52 Å². The number of imidazole rings is 1. The summed E-state index contributed by atoms with van der Waals surface area (Å²) in [5.41, 5.74) is 1.54. The molecule has 5 heteroatoms. The Labute approximate surface area is 121 Å². The van der Waals surface area contributed by atoms with Gasteiger partial charge in [0.15, 0.2) is 5.69 Å². The summed E-state index contributed by atoms with van der Waals surface area (Å²) in [5.74, 6) is 0.0976. The van der Waals surface area contributed by atoms with Crippen molar-refractivity contribution in [3.8, 4) is 0 Å². The Balaban J connectivity index is 1.83. The first kappa shape index (κ1) is 13.3. The summed E-state index contributed by atoms with van der Waals surface area (Å²) >= 11 is 0. The summed E-state index contributed by atoms with van der Waals surface area (Å²) in [4.78, 5) is 16.5. The Hall–Kier alpha value is -2.69. The van der Waals surface area contributed by atoms with Gasteiger partial charge in [-0.05, 0) is 25.1 Å². The Morgan fingerprint density at radius 2 is 2.00 bits per heavy atom. The average Bonchev–Trinajstić information content (AvgIpc) is 2.84. The monoisotopic (exact) mass is 283 g/mol. The molecule has 0 saturated carbocycles. The summed E-state index contributed by atoms with van der Waals surface area (Å²) in [6.07, 6.45) is 1.85. The first-order chi connectivity index (χ1) is 10.2. The van der Waals surface area contributed by atoms with Crippen molar-refractivity contribution in [3.63, 3.8) is 0 Å². The molecule has 0 saturated heterocycles. The number of fused-ring (bicyclic) bond motifs is 1.